The molecule has 122 valence electrons. The molecule has 0 aliphatic rings. The number of carbonyl (C=O) groups excluding carboxylic acids is 1. The number of carbonyl (C=O) groups is 1. The highest BCUT2D eigenvalue weighted by Crippen LogP contribution is 2.20. The Morgan fingerprint density at radius 3 is 2.56 bits per heavy atom. The standard InChI is InChI=1S/C18H14N6O/c19-17-16(20-9-10-21-17)18(25)23-13-5-7-14(8-6-13)24-15-4-2-1-3-12(15)11-22-24/h1-11H,(H2,19,21)(H,23,25). The summed E-state index contributed by atoms with van der Waals surface area (Å²) >= 11 is 0. The Balaban J connectivity index is 1.58. The number of amides is 1. The number of hydrogen-bond acceptors (Lipinski definition) is 5. The second kappa shape index (κ2) is 6.04. The molecule has 7 heteroatoms. The van der Waals surface area contributed by atoms with Crippen LogP contribution >= 0.6 is 0 Å². The predicted octanol–water partition coefficient (Wildman–Crippen LogP) is 2.65. The summed E-state index contributed by atoms with van der Waals surface area (Å²) in [6, 6.07) is 15.3. The number of nitrogens with one attached hydrogen (secondary N) is 1. The van der Waals surface area contributed by atoms with E-state index in [0.717, 1.165) is 16.6 Å². The van der Waals surface area contributed by atoms with Crippen LogP contribution < -0.4 is 11.1 Å². The van der Waals surface area contributed by atoms with Gasteiger partial charge in [0.25, 0.3) is 5.91 Å². The van der Waals surface area contributed by atoms with Gasteiger partial charge in [-0.05, 0) is 30.3 Å². The Kier molecular flexibility index (Phi) is 3.59. The molecule has 0 atom stereocenters. The summed E-state index contributed by atoms with van der Waals surface area (Å²) in [6.07, 6.45) is 4.69. The molecular weight excluding hydrogens is 316 g/mol. The largest absolute Gasteiger partial charge is 0.382 e. The molecule has 0 unspecified atom stereocenters. The minimum Gasteiger partial charge on any atom is -0.382 e. The second-order valence-electron chi connectivity index (χ2n) is 5.41. The molecule has 0 radical (unpaired) electrons. The van der Waals surface area contributed by atoms with Gasteiger partial charge in [-0.2, -0.15) is 5.10 Å². The van der Waals surface area contributed by atoms with Crippen molar-refractivity contribution in [3.8, 4) is 5.69 Å². The average molecular weight is 330 g/mol. The van der Waals surface area contributed by atoms with Crippen molar-refractivity contribution in [1.82, 2.24) is 19.7 Å². The molecule has 3 N–H and O–H groups in total. The first-order valence-electron chi connectivity index (χ1n) is 7.63. The first-order valence-corrected chi connectivity index (χ1v) is 7.63. The van der Waals surface area contributed by atoms with Gasteiger partial charge in [0.2, 0.25) is 0 Å². The lowest BCUT2D eigenvalue weighted by Gasteiger charge is -2.08. The number of fused-ring (bicyclic) bond motifs is 1. The van der Waals surface area contributed by atoms with Crippen molar-refractivity contribution in [1.29, 1.82) is 0 Å². The van der Waals surface area contributed by atoms with Crippen LogP contribution in [0.25, 0.3) is 16.6 Å². The summed E-state index contributed by atoms with van der Waals surface area (Å²) in [5, 5.41) is 8.24. The van der Waals surface area contributed by atoms with Crippen LogP contribution in [0.2, 0.25) is 0 Å². The van der Waals surface area contributed by atoms with Crippen molar-refractivity contribution in [3.05, 3.63) is 72.8 Å². The zero-order valence-corrected chi connectivity index (χ0v) is 13.1. The number of anilines is 2. The monoisotopic (exact) mass is 330 g/mol. The van der Waals surface area contributed by atoms with E-state index in [1.807, 2.05) is 47.3 Å². The third kappa shape index (κ3) is 2.78. The number of nitrogens with two attached hydrogens (primary N) is 1. The summed E-state index contributed by atoms with van der Waals surface area (Å²) in [4.78, 5) is 20.0. The van der Waals surface area contributed by atoms with Crippen molar-refractivity contribution < 1.29 is 4.79 Å². The van der Waals surface area contributed by atoms with Crippen LogP contribution in [0.3, 0.4) is 0 Å². The Morgan fingerprint density at radius 1 is 1.00 bits per heavy atom. The topological polar surface area (TPSA) is 98.7 Å². The molecule has 2 heterocycles. The third-order valence-corrected chi connectivity index (χ3v) is 3.79. The SMILES string of the molecule is Nc1nccnc1C(=O)Nc1ccc(-n2ncc3ccccc32)cc1. The van der Waals surface area contributed by atoms with Crippen LogP contribution in [-0.2, 0) is 0 Å². The third-order valence-electron chi connectivity index (χ3n) is 3.79. The summed E-state index contributed by atoms with van der Waals surface area (Å²) < 4.78 is 1.85. The summed E-state index contributed by atoms with van der Waals surface area (Å²) in [5.74, 6) is -0.303. The second-order valence-corrected chi connectivity index (χ2v) is 5.41. The molecule has 0 fully saturated rings. The number of para-hydroxylation sites is 1. The van der Waals surface area contributed by atoms with Crippen LogP contribution in [0.5, 0.6) is 0 Å². The lowest BCUT2D eigenvalue weighted by atomic mass is 10.2. The molecule has 0 bridgehead atoms. The zero-order chi connectivity index (χ0) is 17.2. The molecule has 0 spiro atoms. The fraction of sp³-hybridized carbons (Fsp3) is 0. The van der Waals surface area contributed by atoms with Gasteiger partial charge in [0.05, 0.1) is 17.4 Å². The van der Waals surface area contributed by atoms with Crippen molar-refractivity contribution in [2.24, 2.45) is 0 Å². The Labute approximate surface area is 143 Å². The van der Waals surface area contributed by atoms with Crippen molar-refractivity contribution in [3.63, 3.8) is 0 Å². The molecule has 4 rings (SSSR count). The van der Waals surface area contributed by atoms with E-state index in [1.54, 1.807) is 12.1 Å². The number of rotatable bonds is 3. The molecule has 2 aromatic heterocycles. The van der Waals surface area contributed by atoms with Crippen molar-refractivity contribution in [2.75, 3.05) is 11.1 Å². The smallest absolute Gasteiger partial charge is 0.278 e. The van der Waals surface area contributed by atoms with Gasteiger partial charge in [0.15, 0.2) is 11.5 Å². The molecule has 0 aliphatic carbocycles. The maximum Gasteiger partial charge on any atom is 0.278 e. The van der Waals surface area contributed by atoms with Gasteiger partial charge in [-0.1, -0.05) is 18.2 Å². The van der Waals surface area contributed by atoms with Gasteiger partial charge in [-0.25, -0.2) is 14.6 Å². The van der Waals surface area contributed by atoms with Crippen LogP contribution in [-0.4, -0.2) is 25.7 Å². The minimum absolute atomic E-state index is 0.0969. The van der Waals surface area contributed by atoms with E-state index in [-0.39, 0.29) is 11.5 Å². The predicted molar refractivity (Wildman–Crippen MR) is 95.5 cm³/mol. The zero-order valence-electron chi connectivity index (χ0n) is 13.1. The van der Waals surface area contributed by atoms with Gasteiger partial charge in [-0.3, -0.25) is 4.79 Å². The Hall–Kier alpha value is -3.74. The number of aromatic nitrogens is 4. The first-order chi connectivity index (χ1) is 12.2. The Bertz CT molecular complexity index is 1050. The number of nitrogens with zero attached hydrogens (tertiary/aromatic N) is 4. The molecule has 25 heavy (non-hydrogen) atoms. The van der Waals surface area contributed by atoms with E-state index in [1.165, 1.54) is 12.4 Å². The highest BCUT2D eigenvalue weighted by molar-refractivity contribution is 6.05. The number of benzene rings is 2. The summed E-state index contributed by atoms with van der Waals surface area (Å²) in [5.41, 5.74) is 8.33. The molecule has 0 aliphatic heterocycles. The van der Waals surface area contributed by atoms with E-state index < -0.39 is 5.91 Å². The van der Waals surface area contributed by atoms with E-state index >= 15 is 0 Å². The molecule has 1 amide bonds. The molecule has 0 saturated heterocycles. The normalized spacial score (nSPS) is 10.7. The average Bonchev–Trinajstić information content (AvgIpc) is 3.07. The maximum atomic E-state index is 12.2. The van der Waals surface area contributed by atoms with Gasteiger partial charge >= 0.3 is 0 Å². The van der Waals surface area contributed by atoms with Gasteiger partial charge in [0, 0.05) is 23.5 Å². The van der Waals surface area contributed by atoms with Crippen LogP contribution in [0, 0.1) is 0 Å². The highest BCUT2D eigenvalue weighted by atomic mass is 16.1. The quantitative estimate of drug-likeness (QED) is 0.601. The summed E-state index contributed by atoms with van der Waals surface area (Å²) in [6.45, 7) is 0. The Morgan fingerprint density at radius 2 is 1.76 bits per heavy atom. The molecule has 0 saturated carbocycles. The maximum absolute atomic E-state index is 12.2. The van der Waals surface area contributed by atoms with Gasteiger partial charge in [-0.15, -0.1) is 0 Å². The fourth-order valence-corrected chi connectivity index (χ4v) is 2.58. The number of nitrogen functional groups attached to an aromatic ring is 1. The van der Waals surface area contributed by atoms with Crippen LogP contribution in [0.1, 0.15) is 10.5 Å². The lowest BCUT2D eigenvalue weighted by Crippen LogP contribution is -2.16. The molecule has 2 aromatic carbocycles. The van der Waals surface area contributed by atoms with Gasteiger partial charge < -0.3 is 11.1 Å². The van der Waals surface area contributed by atoms with Gasteiger partial charge in [0.1, 0.15) is 0 Å². The van der Waals surface area contributed by atoms with E-state index in [0.29, 0.717) is 5.69 Å². The van der Waals surface area contributed by atoms with E-state index in [9.17, 15) is 4.79 Å². The fourth-order valence-electron chi connectivity index (χ4n) is 2.58. The van der Waals surface area contributed by atoms with Crippen molar-refractivity contribution in [2.45, 2.75) is 0 Å². The van der Waals surface area contributed by atoms with Crippen LogP contribution in [0.15, 0.2) is 67.1 Å². The minimum atomic E-state index is -0.400. The lowest BCUT2D eigenvalue weighted by molar-refractivity contribution is 0.102. The van der Waals surface area contributed by atoms with E-state index in [4.69, 9.17) is 5.73 Å². The van der Waals surface area contributed by atoms with Crippen molar-refractivity contribution >= 4 is 28.3 Å². The van der Waals surface area contributed by atoms with Crippen LogP contribution in [0.4, 0.5) is 11.5 Å². The first kappa shape index (κ1) is 14.8. The molecule has 7 nitrogen and oxygen atoms in total. The summed E-state index contributed by atoms with van der Waals surface area (Å²) in [7, 11) is 0. The molecular formula is C18H14N6O. The van der Waals surface area contributed by atoms with E-state index in [2.05, 4.69) is 20.4 Å². The number of hydrogen-bond donors (Lipinski definition) is 2. The highest BCUT2D eigenvalue weighted by Gasteiger charge is 2.12. The molecule has 4 aromatic rings.